The predicted octanol–water partition coefficient (Wildman–Crippen LogP) is 0.671. The monoisotopic (exact) mass is 324 g/mol. The number of nitrogens with zero attached hydrogens (tertiary/aromatic N) is 1. The van der Waals surface area contributed by atoms with Gasteiger partial charge in [-0.3, -0.25) is 0 Å². The van der Waals surface area contributed by atoms with Crippen molar-refractivity contribution < 1.29 is 33.3 Å². The van der Waals surface area contributed by atoms with Crippen molar-refractivity contribution in [2.75, 3.05) is 0 Å². The summed E-state index contributed by atoms with van der Waals surface area (Å²) in [7, 11) is -4.19. The fourth-order valence-electron chi connectivity index (χ4n) is 2.33. The molecule has 118 valence electrons. The van der Waals surface area contributed by atoms with Crippen molar-refractivity contribution in [1.82, 2.24) is 0 Å². The molecule has 0 saturated heterocycles. The Labute approximate surface area is 130 Å². The summed E-state index contributed by atoms with van der Waals surface area (Å²) in [5, 5.41) is 2.63. The van der Waals surface area contributed by atoms with E-state index in [0.717, 1.165) is 6.42 Å². The molecular formula is C16H19ClNO4+. The third kappa shape index (κ3) is 4.91. The Bertz CT molecular complexity index is 765. The van der Waals surface area contributed by atoms with Gasteiger partial charge in [0.05, 0.1) is 0 Å². The molecule has 2 heterocycles. The molecule has 0 fully saturated rings. The molecule has 0 aliphatic heterocycles. The van der Waals surface area contributed by atoms with Gasteiger partial charge in [-0.2, -0.15) is 4.40 Å². The second-order valence-electron chi connectivity index (χ2n) is 4.95. The van der Waals surface area contributed by atoms with Crippen LogP contribution in [0, 0.1) is 10.2 Å². The number of hydrogen-bond acceptors (Lipinski definition) is 4. The Morgan fingerprint density at radius 3 is 2.45 bits per heavy atom. The van der Waals surface area contributed by atoms with Gasteiger partial charge in [-0.1, -0.05) is 25.5 Å². The van der Waals surface area contributed by atoms with Crippen molar-refractivity contribution in [3.63, 3.8) is 0 Å². The first-order chi connectivity index (χ1) is 10.4. The number of rotatable bonds is 2. The molecule has 0 atom stereocenters. The molecule has 22 heavy (non-hydrogen) atoms. The molecule has 3 aromatic rings. The van der Waals surface area contributed by atoms with Crippen LogP contribution in [0.3, 0.4) is 0 Å². The molecule has 5 nitrogen and oxygen atoms in total. The molecule has 0 saturated carbocycles. The Morgan fingerprint density at radius 2 is 1.77 bits per heavy atom. The first-order valence-electron chi connectivity index (χ1n) is 6.85. The van der Waals surface area contributed by atoms with Gasteiger partial charge in [0.2, 0.25) is 5.52 Å². The fourth-order valence-corrected chi connectivity index (χ4v) is 2.33. The molecule has 0 aliphatic rings. The van der Waals surface area contributed by atoms with Crippen LogP contribution in [-0.4, -0.2) is 14.0 Å². The quantitative estimate of drug-likeness (QED) is 0.477. The maximum absolute atomic E-state index is 8.83. The summed E-state index contributed by atoms with van der Waals surface area (Å²) >= 11 is 0. The number of halogens is 1. The molecule has 1 aromatic carbocycles. The Kier molecular flexibility index (Phi) is 5.28. The van der Waals surface area contributed by atoms with Crippen molar-refractivity contribution in [3.8, 4) is 0 Å². The first kappa shape index (κ1) is 16.6. The molecule has 0 amide bonds. The van der Waals surface area contributed by atoms with Gasteiger partial charge in [0, 0.05) is 23.6 Å². The summed E-state index contributed by atoms with van der Waals surface area (Å²) in [6, 6.07) is 15.3. The summed E-state index contributed by atoms with van der Waals surface area (Å²) in [5.74, 6) is 0. The number of benzene rings is 1. The average molecular weight is 325 g/mol. The van der Waals surface area contributed by atoms with Crippen LogP contribution < -0.4 is 9.06 Å². The summed E-state index contributed by atoms with van der Waals surface area (Å²) in [6.07, 6.45) is 6.65. The Hall–Kier alpha value is -1.76. The molecule has 0 aliphatic carbocycles. The Morgan fingerprint density at radius 1 is 1.05 bits per heavy atom. The van der Waals surface area contributed by atoms with E-state index in [1.54, 1.807) is 0 Å². The minimum absolute atomic E-state index is 1.16. The van der Waals surface area contributed by atoms with E-state index >= 15 is 0 Å². The molecule has 0 unspecified atom stereocenters. The molecule has 3 N–H and O–H groups in total. The van der Waals surface area contributed by atoms with Gasteiger partial charge in [-0.15, -0.1) is 0 Å². The topological polar surface area (TPSA) is 87.9 Å². The first-order valence-corrected chi connectivity index (χ1v) is 8.18. The normalized spacial score (nSPS) is 12.0. The summed E-state index contributed by atoms with van der Waals surface area (Å²) in [6.45, 7) is 2.22. The standard InChI is InChI=1S/C16H16N.ClH3O4/c1-2-5-13-7-8-14-12-17-9-4-3-6-16(17)11-15(14)10-13;2-1(3,4)5/h3-4,6-12H,2,5H2,1H3;2-4H/q+1;. The summed E-state index contributed by atoms with van der Waals surface area (Å²) < 4.78 is 32.4. The molecule has 0 radical (unpaired) electrons. The zero-order valence-electron chi connectivity index (χ0n) is 12.2. The van der Waals surface area contributed by atoms with Gasteiger partial charge < -0.3 is 0 Å². The molecule has 6 heteroatoms. The van der Waals surface area contributed by atoms with Crippen molar-refractivity contribution in [2.45, 2.75) is 19.8 Å². The van der Waals surface area contributed by atoms with Crippen LogP contribution in [0.25, 0.3) is 16.3 Å². The fraction of sp³-hybridized carbons (Fsp3) is 0.188. The van der Waals surface area contributed by atoms with Crippen LogP contribution in [0.1, 0.15) is 18.9 Å². The average Bonchev–Trinajstić information content (AvgIpc) is 2.43. The zero-order chi connectivity index (χ0) is 16.2. The van der Waals surface area contributed by atoms with Gasteiger partial charge in [0.25, 0.3) is 0 Å². The van der Waals surface area contributed by atoms with Crippen molar-refractivity contribution in [3.05, 3.63) is 60.4 Å². The van der Waals surface area contributed by atoms with Crippen molar-refractivity contribution in [1.29, 1.82) is 0 Å². The summed E-state index contributed by atoms with van der Waals surface area (Å²) in [5.41, 5.74) is 2.67. The number of aromatic nitrogens is 1. The van der Waals surface area contributed by atoms with Crippen LogP contribution in [0.2, 0.25) is 0 Å². The molecular weight excluding hydrogens is 306 g/mol. The number of pyridine rings is 2. The third-order valence-electron chi connectivity index (χ3n) is 3.19. The Balaban J connectivity index is 0.000000309. The maximum atomic E-state index is 8.83. The molecule has 0 bridgehead atoms. The molecule has 3 rings (SSSR count). The van der Waals surface area contributed by atoms with E-state index in [-0.39, 0.29) is 0 Å². The van der Waals surface area contributed by atoms with Gasteiger partial charge in [0.1, 0.15) is 0 Å². The second kappa shape index (κ2) is 7.00. The van der Waals surface area contributed by atoms with Crippen LogP contribution in [-0.2, 0) is 6.42 Å². The van der Waals surface area contributed by atoms with E-state index in [1.807, 2.05) is 0 Å². The van der Waals surface area contributed by atoms with E-state index in [9.17, 15) is 0 Å². The number of aryl methyl sites for hydroxylation is 1. The van der Waals surface area contributed by atoms with Gasteiger partial charge in [-0.25, -0.2) is 0 Å². The van der Waals surface area contributed by atoms with E-state index in [2.05, 4.69) is 66.2 Å². The van der Waals surface area contributed by atoms with Gasteiger partial charge in [0.15, 0.2) is 12.4 Å². The second-order valence-corrected chi connectivity index (χ2v) is 5.82. The molecule has 2 aromatic heterocycles. The van der Waals surface area contributed by atoms with Crippen LogP contribution in [0.4, 0.5) is 0 Å². The van der Waals surface area contributed by atoms with Crippen molar-refractivity contribution >= 4 is 16.3 Å². The van der Waals surface area contributed by atoms with Gasteiger partial charge >= 0.3 is 28.9 Å². The molecule has 0 spiro atoms. The van der Waals surface area contributed by atoms with E-state index in [1.165, 1.54) is 28.3 Å². The third-order valence-corrected chi connectivity index (χ3v) is 3.19. The van der Waals surface area contributed by atoms with Crippen LogP contribution >= 0.6 is 0 Å². The van der Waals surface area contributed by atoms with Crippen LogP contribution in [0.15, 0.2) is 54.9 Å². The summed E-state index contributed by atoms with van der Waals surface area (Å²) in [4.78, 5) is 0. The van der Waals surface area contributed by atoms with E-state index in [0.29, 0.717) is 0 Å². The van der Waals surface area contributed by atoms with E-state index < -0.39 is 10.2 Å². The van der Waals surface area contributed by atoms with Crippen molar-refractivity contribution in [2.24, 2.45) is 0 Å². The van der Waals surface area contributed by atoms with E-state index in [4.69, 9.17) is 18.6 Å². The van der Waals surface area contributed by atoms with Gasteiger partial charge in [-0.05, 0) is 29.5 Å². The SMILES string of the molecule is CCCc1ccc2c[n+]3ccccc3cc2c1.[O-][Cl+](O)(O)O. The number of hydrogen-bond donors (Lipinski definition) is 3. The predicted molar refractivity (Wildman–Crippen MR) is 77.8 cm³/mol. The number of fused-ring (bicyclic) bond motifs is 2. The van der Waals surface area contributed by atoms with Crippen LogP contribution in [0.5, 0.6) is 0 Å². The minimum atomic E-state index is -4.19. The zero-order valence-corrected chi connectivity index (χ0v) is 12.9.